The third kappa shape index (κ3) is 7.65. The molecule has 0 fully saturated rings. The molecular weight excluding hydrogens is 708 g/mol. The highest BCUT2D eigenvalue weighted by Gasteiger charge is 2.30. The van der Waals surface area contributed by atoms with Crippen molar-refractivity contribution < 1.29 is 19.1 Å². The molecule has 0 aliphatic carbocycles. The van der Waals surface area contributed by atoms with Gasteiger partial charge in [-0.1, -0.05) is 38.8 Å². The third-order valence-corrected chi connectivity index (χ3v) is 10.6. The van der Waals surface area contributed by atoms with E-state index in [1.807, 2.05) is 52.0 Å². The van der Waals surface area contributed by atoms with Crippen molar-refractivity contribution in [2.75, 3.05) is 0 Å². The molecule has 6 nitrogen and oxygen atoms in total. The average Bonchev–Trinajstić information content (AvgIpc) is 3.63. The van der Waals surface area contributed by atoms with Crippen molar-refractivity contribution in [3.63, 3.8) is 0 Å². The summed E-state index contributed by atoms with van der Waals surface area (Å²) in [7, 11) is 0. The SMILES string of the molecule is CCCCC(C)(C)OC(=O)c1cc(Br)sc1-c1ccc(-c2sc(Br)cc2C(=O)OC(C)(C)CCCC)c2nsnc12. The summed E-state index contributed by atoms with van der Waals surface area (Å²) in [6.07, 6.45) is 5.63. The highest BCUT2D eigenvalue weighted by Crippen LogP contribution is 2.44. The standard InChI is InChI=1S/C30H34Br2N2O4S3/c1-7-9-13-29(3,4)37-27(35)19-15-21(31)39-25(19)17-11-12-18(24-23(17)33-41-34-24)26-20(16-22(32)40-26)28(36)38-30(5,6)14-10-8-2/h11-12,15-16H,7-10,13-14H2,1-6H3. The first-order valence-corrected chi connectivity index (χ1v) is 17.6. The molecule has 220 valence electrons. The van der Waals surface area contributed by atoms with Crippen LogP contribution in [-0.4, -0.2) is 31.9 Å². The van der Waals surface area contributed by atoms with E-state index in [2.05, 4.69) is 54.5 Å². The van der Waals surface area contributed by atoms with E-state index in [1.54, 1.807) is 0 Å². The number of thiophene rings is 2. The zero-order valence-corrected chi connectivity index (χ0v) is 29.7. The van der Waals surface area contributed by atoms with Crippen molar-refractivity contribution in [1.29, 1.82) is 0 Å². The van der Waals surface area contributed by atoms with Crippen LogP contribution in [0.5, 0.6) is 0 Å². The van der Waals surface area contributed by atoms with Gasteiger partial charge in [-0.05, 0) is 97.4 Å². The van der Waals surface area contributed by atoms with Crippen molar-refractivity contribution in [3.8, 4) is 20.9 Å². The number of halogens is 2. The van der Waals surface area contributed by atoms with Crippen LogP contribution in [0, 0.1) is 0 Å². The second kappa shape index (κ2) is 13.3. The van der Waals surface area contributed by atoms with Crippen LogP contribution < -0.4 is 0 Å². The van der Waals surface area contributed by atoms with Gasteiger partial charge in [-0.25, -0.2) is 9.59 Å². The first-order chi connectivity index (χ1) is 19.4. The molecule has 41 heavy (non-hydrogen) atoms. The summed E-state index contributed by atoms with van der Waals surface area (Å²) >= 11 is 11.2. The van der Waals surface area contributed by atoms with Crippen molar-refractivity contribution >= 4 is 89.2 Å². The molecule has 0 radical (unpaired) electrons. The Morgan fingerprint density at radius 3 is 1.51 bits per heavy atom. The van der Waals surface area contributed by atoms with Gasteiger partial charge in [-0.2, -0.15) is 8.75 Å². The van der Waals surface area contributed by atoms with Gasteiger partial charge in [-0.15, -0.1) is 22.7 Å². The number of hydrogen-bond donors (Lipinski definition) is 0. The number of esters is 2. The Bertz CT molecular complexity index is 1440. The Labute approximate surface area is 270 Å². The zero-order chi connectivity index (χ0) is 29.9. The maximum atomic E-state index is 13.4. The normalized spacial score (nSPS) is 12.2. The molecule has 0 N–H and O–H groups in total. The van der Waals surface area contributed by atoms with E-state index < -0.39 is 11.2 Å². The number of hydrogen-bond acceptors (Lipinski definition) is 9. The van der Waals surface area contributed by atoms with Gasteiger partial charge in [-0.3, -0.25) is 0 Å². The number of carbonyl (C=O) groups is 2. The summed E-state index contributed by atoms with van der Waals surface area (Å²) < 4.78 is 22.8. The van der Waals surface area contributed by atoms with Gasteiger partial charge in [0.2, 0.25) is 0 Å². The maximum absolute atomic E-state index is 13.4. The molecule has 0 amide bonds. The van der Waals surface area contributed by atoms with E-state index in [-0.39, 0.29) is 11.9 Å². The van der Waals surface area contributed by atoms with Gasteiger partial charge in [0.25, 0.3) is 0 Å². The molecule has 3 heterocycles. The lowest BCUT2D eigenvalue weighted by molar-refractivity contribution is -0.00633. The largest absolute Gasteiger partial charge is 0.456 e. The predicted octanol–water partition coefficient (Wildman–Crippen LogP) is 10.9. The Balaban J connectivity index is 1.72. The molecule has 4 rings (SSSR count). The summed E-state index contributed by atoms with van der Waals surface area (Å²) in [6, 6.07) is 7.51. The van der Waals surface area contributed by atoms with Crippen molar-refractivity contribution in [2.45, 2.75) is 91.3 Å². The van der Waals surface area contributed by atoms with Gasteiger partial charge in [0, 0.05) is 11.1 Å². The summed E-state index contributed by atoms with van der Waals surface area (Å²) in [5, 5.41) is 0. The summed E-state index contributed by atoms with van der Waals surface area (Å²) in [6.45, 7) is 12.0. The van der Waals surface area contributed by atoms with Crippen molar-refractivity contribution in [2.24, 2.45) is 0 Å². The van der Waals surface area contributed by atoms with Crippen LogP contribution in [0.1, 0.15) is 101 Å². The molecule has 0 atom stereocenters. The minimum absolute atomic E-state index is 0.360. The van der Waals surface area contributed by atoms with Gasteiger partial charge < -0.3 is 9.47 Å². The highest BCUT2D eigenvalue weighted by molar-refractivity contribution is 9.11. The number of rotatable bonds is 12. The lowest BCUT2D eigenvalue weighted by Gasteiger charge is -2.25. The molecule has 11 heteroatoms. The summed E-state index contributed by atoms with van der Waals surface area (Å²) in [5.74, 6) is -0.720. The number of ether oxygens (including phenoxy) is 2. The molecule has 0 unspecified atom stereocenters. The first-order valence-electron chi connectivity index (χ1n) is 13.7. The lowest BCUT2D eigenvalue weighted by atomic mass is 10.00. The number of aromatic nitrogens is 2. The van der Waals surface area contributed by atoms with Gasteiger partial charge >= 0.3 is 11.9 Å². The molecule has 1 aromatic carbocycles. The topological polar surface area (TPSA) is 78.4 Å². The number of nitrogens with zero attached hydrogens (tertiary/aromatic N) is 2. The number of carbonyl (C=O) groups excluding carboxylic acids is 2. The molecular formula is C30H34Br2N2O4S3. The van der Waals surface area contributed by atoms with Gasteiger partial charge in [0.1, 0.15) is 22.2 Å². The minimum Gasteiger partial charge on any atom is -0.456 e. The molecule has 0 aliphatic heterocycles. The Hall–Kier alpha value is -1.66. The van der Waals surface area contributed by atoms with Crippen molar-refractivity contribution in [1.82, 2.24) is 8.75 Å². The average molecular weight is 743 g/mol. The third-order valence-electron chi connectivity index (χ3n) is 6.75. The van der Waals surface area contributed by atoms with Crippen LogP contribution in [0.25, 0.3) is 31.9 Å². The van der Waals surface area contributed by atoms with E-state index in [1.165, 1.54) is 22.7 Å². The fourth-order valence-corrected chi connectivity index (χ4v) is 8.38. The quantitative estimate of drug-likeness (QED) is 0.135. The van der Waals surface area contributed by atoms with Crippen LogP contribution in [0.3, 0.4) is 0 Å². The molecule has 3 aromatic heterocycles. The Morgan fingerprint density at radius 2 is 1.15 bits per heavy atom. The van der Waals surface area contributed by atoms with Crippen molar-refractivity contribution in [3.05, 3.63) is 43.0 Å². The number of benzene rings is 1. The summed E-state index contributed by atoms with van der Waals surface area (Å²) in [5.41, 5.74) is 2.79. The van der Waals surface area contributed by atoms with E-state index in [0.29, 0.717) is 22.2 Å². The Kier molecular flexibility index (Phi) is 10.5. The maximum Gasteiger partial charge on any atom is 0.340 e. The van der Waals surface area contributed by atoms with E-state index in [4.69, 9.17) is 9.47 Å². The first kappa shape index (κ1) is 32.3. The fourth-order valence-electron chi connectivity index (χ4n) is 4.58. The second-order valence-electron chi connectivity index (χ2n) is 11.2. The fraction of sp³-hybridized carbons (Fsp3) is 0.467. The molecule has 0 bridgehead atoms. The zero-order valence-electron chi connectivity index (χ0n) is 24.1. The lowest BCUT2D eigenvalue weighted by Crippen LogP contribution is -2.28. The highest BCUT2D eigenvalue weighted by atomic mass is 79.9. The van der Waals surface area contributed by atoms with Gasteiger partial charge in [0.15, 0.2) is 0 Å². The monoisotopic (exact) mass is 740 g/mol. The van der Waals surface area contributed by atoms with E-state index in [0.717, 1.165) is 78.7 Å². The van der Waals surface area contributed by atoms with E-state index >= 15 is 0 Å². The van der Waals surface area contributed by atoms with Crippen LogP contribution in [0.4, 0.5) is 0 Å². The molecule has 4 aromatic rings. The minimum atomic E-state index is -0.567. The smallest absolute Gasteiger partial charge is 0.340 e. The van der Waals surface area contributed by atoms with E-state index in [9.17, 15) is 9.59 Å². The molecule has 0 aliphatic rings. The molecule has 0 saturated heterocycles. The van der Waals surface area contributed by atoms with Crippen LogP contribution in [0.2, 0.25) is 0 Å². The van der Waals surface area contributed by atoms with Crippen LogP contribution in [0.15, 0.2) is 31.8 Å². The number of unbranched alkanes of at least 4 members (excludes halogenated alkanes) is 2. The second-order valence-corrected chi connectivity index (χ2v) is 16.6. The van der Waals surface area contributed by atoms with Crippen LogP contribution >= 0.6 is 66.3 Å². The Morgan fingerprint density at radius 1 is 0.756 bits per heavy atom. The molecule has 0 spiro atoms. The molecule has 0 saturated carbocycles. The van der Waals surface area contributed by atoms with Crippen LogP contribution in [-0.2, 0) is 9.47 Å². The van der Waals surface area contributed by atoms with Gasteiger partial charge in [0.05, 0.1) is 40.2 Å². The summed E-state index contributed by atoms with van der Waals surface area (Å²) in [4.78, 5) is 28.3. The predicted molar refractivity (Wildman–Crippen MR) is 177 cm³/mol. The number of fused-ring (bicyclic) bond motifs is 1.